The molecule has 0 radical (unpaired) electrons. The Morgan fingerprint density at radius 3 is 2.65 bits per heavy atom. The predicted octanol–water partition coefficient (Wildman–Crippen LogP) is 4.55. The van der Waals surface area contributed by atoms with Gasteiger partial charge in [-0.3, -0.25) is 15.6 Å². The Kier molecular flexibility index (Phi) is 8.00. The van der Waals surface area contributed by atoms with E-state index < -0.39 is 0 Å². The lowest BCUT2D eigenvalue weighted by atomic mass is 10.0. The van der Waals surface area contributed by atoms with Gasteiger partial charge in [0.05, 0.1) is 19.2 Å². The number of carbonyl (C=O) groups is 1. The fourth-order valence-corrected chi connectivity index (χ4v) is 3.56. The highest BCUT2D eigenvalue weighted by Gasteiger charge is 2.18. The van der Waals surface area contributed by atoms with E-state index >= 15 is 0 Å². The van der Waals surface area contributed by atoms with Crippen LogP contribution in [-0.4, -0.2) is 47.2 Å². The molecule has 3 aromatic rings. The maximum Gasteiger partial charge on any atom is 0.238 e. The van der Waals surface area contributed by atoms with Crippen LogP contribution in [-0.2, 0) is 4.79 Å². The van der Waals surface area contributed by atoms with Crippen molar-refractivity contribution in [2.24, 2.45) is 0 Å². The molecule has 2 aromatic heterocycles. The Balaban J connectivity index is 2.13. The number of pyridine rings is 1. The van der Waals surface area contributed by atoms with Gasteiger partial charge in [-0.25, -0.2) is 15.0 Å². The molecule has 0 atom stereocenters. The van der Waals surface area contributed by atoms with Gasteiger partial charge in [0.25, 0.3) is 0 Å². The Labute approximate surface area is 194 Å². The lowest BCUT2D eigenvalue weighted by molar-refractivity contribution is -0.120. The van der Waals surface area contributed by atoms with Crippen molar-refractivity contribution < 1.29 is 14.3 Å². The van der Waals surface area contributed by atoms with Crippen LogP contribution in [0.1, 0.15) is 12.8 Å². The number of thioether (sulfide) groups is 1. The number of anilines is 1. The van der Waals surface area contributed by atoms with Crippen LogP contribution in [0.15, 0.2) is 29.6 Å². The van der Waals surface area contributed by atoms with Crippen molar-refractivity contribution in [1.29, 1.82) is 0 Å². The van der Waals surface area contributed by atoms with Gasteiger partial charge >= 0.3 is 0 Å². The van der Waals surface area contributed by atoms with Crippen molar-refractivity contribution >= 4 is 57.7 Å². The number of methoxy groups -OCH3 is 2. The highest BCUT2D eigenvalue weighted by Crippen LogP contribution is 2.42. The number of rotatable bonds is 9. The second-order valence-corrected chi connectivity index (χ2v) is 7.84. The minimum atomic E-state index is -0.213. The number of alkyl halides is 1. The van der Waals surface area contributed by atoms with Crippen LogP contribution in [0.3, 0.4) is 0 Å². The van der Waals surface area contributed by atoms with E-state index in [1.165, 1.54) is 18.9 Å². The number of amides is 1. The average Bonchev–Trinajstić information content (AvgIpc) is 2.80. The number of hydrazine groups is 1. The largest absolute Gasteiger partial charge is 0.497 e. The van der Waals surface area contributed by atoms with E-state index in [9.17, 15) is 4.79 Å². The number of nitrogens with zero attached hydrogens (tertiary/aromatic N) is 3. The predicted molar refractivity (Wildman–Crippen MR) is 124 cm³/mol. The Hall–Kier alpha value is -2.49. The number of carbonyl (C=O) groups excluding carboxylic acids is 1. The standard InChI is InChI=1S/C20H21Cl2N5O3S/c1-29-12-8-13(17(22)15(9-12)30-2)14-7-11-10-23-20(31-3)25-18(11)24-19(14)27-26-16(28)5-4-6-21/h7-10H,4-6H2,1-3H3,(H,26,28)(H,23,24,25,27). The zero-order chi connectivity index (χ0) is 22.4. The molecule has 164 valence electrons. The summed E-state index contributed by atoms with van der Waals surface area (Å²) < 4.78 is 10.8. The van der Waals surface area contributed by atoms with Crippen LogP contribution in [0.2, 0.25) is 5.02 Å². The van der Waals surface area contributed by atoms with Gasteiger partial charge in [0.2, 0.25) is 5.91 Å². The first-order valence-electron chi connectivity index (χ1n) is 9.25. The summed E-state index contributed by atoms with van der Waals surface area (Å²) in [6, 6.07) is 5.31. The third kappa shape index (κ3) is 5.41. The molecule has 0 aliphatic heterocycles. The van der Waals surface area contributed by atoms with Gasteiger partial charge in [0, 0.05) is 41.1 Å². The van der Waals surface area contributed by atoms with E-state index in [2.05, 4.69) is 25.8 Å². The van der Waals surface area contributed by atoms with E-state index in [1.807, 2.05) is 12.3 Å². The molecule has 3 rings (SSSR count). The lowest BCUT2D eigenvalue weighted by Gasteiger charge is -2.16. The molecule has 0 bridgehead atoms. The van der Waals surface area contributed by atoms with Crippen LogP contribution < -0.4 is 20.3 Å². The van der Waals surface area contributed by atoms with E-state index in [-0.39, 0.29) is 12.3 Å². The maximum atomic E-state index is 12.1. The fraction of sp³-hybridized carbons (Fsp3) is 0.300. The van der Waals surface area contributed by atoms with Crippen molar-refractivity contribution in [2.45, 2.75) is 18.0 Å². The zero-order valence-electron chi connectivity index (χ0n) is 17.2. The molecule has 2 heterocycles. The van der Waals surface area contributed by atoms with Crippen LogP contribution in [0.5, 0.6) is 11.5 Å². The Morgan fingerprint density at radius 1 is 1.16 bits per heavy atom. The number of hydrogen-bond donors (Lipinski definition) is 2. The van der Waals surface area contributed by atoms with Gasteiger partial charge in [-0.1, -0.05) is 23.4 Å². The first-order valence-corrected chi connectivity index (χ1v) is 11.4. The maximum absolute atomic E-state index is 12.1. The van der Waals surface area contributed by atoms with Crippen molar-refractivity contribution in [3.63, 3.8) is 0 Å². The summed E-state index contributed by atoms with van der Waals surface area (Å²) in [5, 5.41) is 1.68. The molecule has 0 aliphatic rings. The Morgan fingerprint density at radius 2 is 1.97 bits per heavy atom. The van der Waals surface area contributed by atoms with Crippen molar-refractivity contribution in [3.05, 3.63) is 29.4 Å². The first-order chi connectivity index (χ1) is 15.0. The average molecular weight is 482 g/mol. The van der Waals surface area contributed by atoms with Gasteiger partial charge in [-0.2, -0.15) is 0 Å². The van der Waals surface area contributed by atoms with Crippen LogP contribution >= 0.6 is 35.0 Å². The molecule has 1 aromatic carbocycles. The van der Waals surface area contributed by atoms with E-state index in [0.717, 1.165) is 0 Å². The van der Waals surface area contributed by atoms with Gasteiger partial charge < -0.3 is 9.47 Å². The number of ether oxygens (including phenoxy) is 2. The zero-order valence-corrected chi connectivity index (χ0v) is 19.5. The molecule has 0 fully saturated rings. The molecule has 8 nitrogen and oxygen atoms in total. The van der Waals surface area contributed by atoms with E-state index in [0.29, 0.717) is 62.0 Å². The van der Waals surface area contributed by atoms with Gasteiger partial charge in [-0.05, 0) is 24.8 Å². The SMILES string of the molecule is COc1cc(OC)c(Cl)c(-c2cc3cnc(SC)nc3nc2NNC(=O)CCCCl)c1. The smallest absolute Gasteiger partial charge is 0.238 e. The summed E-state index contributed by atoms with van der Waals surface area (Å²) in [4.78, 5) is 25.5. The summed E-state index contributed by atoms with van der Waals surface area (Å²) in [5.74, 6) is 1.56. The Bertz CT molecular complexity index is 1100. The second kappa shape index (κ2) is 10.7. The molecule has 0 spiro atoms. The number of nitrogens with one attached hydrogen (secondary N) is 2. The fourth-order valence-electron chi connectivity index (χ4n) is 2.80. The monoisotopic (exact) mass is 481 g/mol. The van der Waals surface area contributed by atoms with Crippen molar-refractivity contribution in [3.8, 4) is 22.6 Å². The molecular formula is C20H21Cl2N5O3S. The van der Waals surface area contributed by atoms with E-state index in [4.69, 9.17) is 32.7 Å². The van der Waals surface area contributed by atoms with E-state index in [1.54, 1.807) is 25.4 Å². The molecular weight excluding hydrogens is 461 g/mol. The first kappa shape index (κ1) is 23.2. The molecule has 0 unspecified atom stereocenters. The third-order valence-corrected chi connectivity index (χ3v) is 5.56. The highest BCUT2D eigenvalue weighted by molar-refractivity contribution is 7.98. The van der Waals surface area contributed by atoms with Crippen molar-refractivity contribution in [2.75, 3.05) is 31.8 Å². The molecule has 11 heteroatoms. The molecule has 2 N–H and O–H groups in total. The normalized spacial score (nSPS) is 10.7. The van der Waals surface area contributed by atoms with Gasteiger partial charge in [0.15, 0.2) is 16.6 Å². The highest BCUT2D eigenvalue weighted by atomic mass is 35.5. The van der Waals surface area contributed by atoms with Crippen molar-refractivity contribution in [1.82, 2.24) is 20.4 Å². The second-order valence-electron chi connectivity index (χ2n) is 6.31. The van der Waals surface area contributed by atoms with Crippen LogP contribution in [0.25, 0.3) is 22.2 Å². The quantitative estimate of drug-likeness (QED) is 0.199. The molecule has 0 saturated carbocycles. The topological polar surface area (TPSA) is 98.3 Å². The minimum Gasteiger partial charge on any atom is -0.497 e. The third-order valence-electron chi connectivity index (χ3n) is 4.35. The molecule has 1 amide bonds. The van der Waals surface area contributed by atoms with Gasteiger partial charge in [0.1, 0.15) is 11.5 Å². The number of aromatic nitrogens is 3. The number of benzene rings is 1. The molecule has 0 saturated heterocycles. The molecule has 0 aliphatic carbocycles. The van der Waals surface area contributed by atoms with Gasteiger partial charge in [-0.15, -0.1) is 11.6 Å². The summed E-state index contributed by atoms with van der Waals surface area (Å²) in [7, 11) is 3.08. The summed E-state index contributed by atoms with van der Waals surface area (Å²) in [6.45, 7) is 0. The summed E-state index contributed by atoms with van der Waals surface area (Å²) in [6.07, 6.45) is 4.43. The molecule has 31 heavy (non-hydrogen) atoms. The number of halogens is 2. The minimum absolute atomic E-state index is 0.213. The number of fused-ring (bicyclic) bond motifs is 1. The van der Waals surface area contributed by atoms with Crippen LogP contribution in [0, 0.1) is 0 Å². The summed E-state index contributed by atoms with van der Waals surface area (Å²) >= 11 is 13.7. The number of hydrogen-bond acceptors (Lipinski definition) is 8. The summed E-state index contributed by atoms with van der Waals surface area (Å²) in [5.41, 5.74) is 7.25. The van der Waals surface area contributed by atoms with Crippen LogP contribution in [0.4, 0.5) is 5.82 Å². The lowest BCUT2D eigenvalue weighted by Crippen LogP contribution is -2.30.